The van der Waals surface area contributed by atoms with E-state index in [0.29, 0.717) is 0 Å². The highest BCUT2D eigenvalue weighted by atomic mass is 16.1. The van der Waals surface area contributed by atoms with Crippen LogP contribution in [-0.4, -0.2) is 37.0 Å². The van der Waals surface area contributed by atoms with Crippen LogP contribution in [0.15, 0.2) is 18.2 Å². The minimum absolute atomic E-state index is 0.0530. The van der Waals surface area contributed by atoms with Crippen molar-refractivity contribution in [2.75, 3.05) is 20.6 Å². The molecule has 0 radical (unpaired) electrons. The summed E-state index contributed by atoms with van der Waals surface area (Å²) in [5, 5.41) is 3.19. The standard InChI is InChI=1S/C19H30N2O/c1-15-11-16(2)13-17(12-15)18(22)20-14-19(21(3)4)9-7-5-6-8-10-19/h11-13H,5-10,14H2,1-4H3,(H,20,22). The first-order chi connectivity index (χ1) is 10.4. The summed E-state index contributed by atoms with van der Waals surface area (Å²) in [6.45, 7) is 4.82. The molecule has 2 rings (SSSR count). The van der Waals surface area contributed by atoms with E-state index in [4.69, 9.17) is 0 Å². The molecule has 1 saturated carbocycles. The van der Waals surface area contributed by atoms with Crippen molar-refractivity contribution < 1.29 is 4.79 Å². The first kappa shape index (κ1) is 17.0. The molecule has 1 aliphatic rings. The van der Waals surface area contributed by atoms with E-state index in [1.165, 1.54) is 38.5 Å². The third-order valence-corrected chi connectivity index (χ3v) is 5.04. The number of likely N-dealkylation sites (N-methyl/N-ethyl adjacent to an activating group) is 1. The number of hydrogen-bond donors (Lipinski definition) is 1. The Bertz CT molecular complexity index is 494. The van der Waals surface area contributed by atoms with Gasteiger partial charge in [-0.3, -0.25) is 4.79 Å². The van der Waals surface area contributed by atoms with Gasteiger partial charge in [0, 0.05) is 17.6 Å². The number of carbonyl (C=O) groups excluding carboxylic acids is 1. The molecule has 0 saturated heterocycles. The Kier molecular flexibility index (Phi) is 5.63. The van der Waals surface area contributed by atoms with Crippen LogP contribution in [0, 0.1) is 13.8 Å². The van der Waals surface area contributed by atoms with E-state index < -0.39 is 0 Å². The first-order valence-corrected chi connectivity index (χ1v) is 8.47. The monoisotopic (exact) mass is 302 g/mol. The van der Waals surface area contributed by atoms with Gasteiger partial charge in [0.15, 0.2) is 0 Å². The molecule has 0 atom stereocenters. The molecule has 1 aromatic rings. The fourth-order valence-corrected chi connectivity index (χ4v) is 3.62. The summed E-state index contributed by atoms with van der Waals surface area (Å²) in [6.07, 6.45) is 7.51. The predicted octanol–water partition coefficient (Wildman–Crippen LogP) is 3.69. The molecule has 22 heavy (non-hydrogen) atoms. The summed E-state index contributed by atoms with van der Waals surface area (Å²) < 4.78 is 0. The zero-order valence-electron chi connectivity index (χ0n) is 14.5. The van der Waals surface area contributed by atoms with Gasteiger partial charge in [0.2, 0.25) is 0 Å². The highest BCUT2D eigenvalue weighted by Crippen LogP contribution is 2.30. The van der Waals surface area contributed by atoms with Crippen molar-refractivity contribution in [1.82, 2.24) is 10.2 Å². The second kappa shape index (κ2) is 7.28. The van der Waals surface area contributed by atoms with Gasteiger partial charge < -0.3 is 10.2 Å². The molecule has 0 heterocycles. The summed E-state index contributed by atoms with van der Waals surface area (Å²) >= 11 is 0. The van der Waals surface area contributed by atoms with Gasteiger partial charge in [-0.15, -0.1) is 0 Å². The quantitative estimate of drug-likeness (QED) is 0.860. The lowest BCUT2D eigenvalue weighted by atomic mass is 9.88. The zero-order valence-corrected chi connectivity index (χ0v) is 14.5. The Morgan fingerprint density at radius 1 is 1.05 bits per heavy atom. The molecule has 0 spiro atoms. The molecule has 1 aromatic carbocycles. The van der Waals surface area contributed by atoms with Gasteiger partial charge in [-0.2, -0.15) is 0 Å². The lowest BCUT2D eigenvalue weighted by Gasteiger charge is -2.39. The van der Waals surface area contributed by atoms with Crippen molar-refractivity contribution in [2.45, 2.75) is 57.9 Å². The van der Waals surface area contributed by atoms with Crippen LogP contribution < -0.4 is 5.32 Å². The lowest BCUT2D eigenvalue weighted by Crippen LogP contribution is -2.52. The maximum atomic E-state index is 12.5. The summed E-state index contributed by atoms with van der Waals surface area (Å²) in [4.78, 5) is 14.8. The Labute approximate surface area is 135 Å². The minimum atomic E-state index is 0.0530. The van der Waals surface area contributed by atoms with Crippen molar-refractivity contribution >= 4 is 5.91 Å². The molecule has 0 unspecified atom stereocenters. The van der Waals surface area contributed by atoms with Crippen molar-refractivity contribution in [3.05, 3.63) is 34.9 Å². The topological polar surface area (TPSA) is 32.3 Å². The molecule has 3 heteroatoms. The molecule has 0 bridgehead atoms. The number of aryl methyl sites for hydroxylation is 2. The number of hydrogen-bond acceptors (Lipinski definition) is 2. The van der Waals surface area contributed by atoms with E-state index in [1.54, 1.807) is 0 Å². The Morgan fingerprint density at radius 2 is 1.59 bits per heavy atom. The van der Waals surface area contributed by atoms with Gasteiger partial charge in [-0.1, -0.05) is 42.9 Å². The molecular formula is C19H30N2O. The largest absolute Gasteiger partial charge is 0.350 e. The highest BCUT2D eigenvalue weighted by molar-refractivity contribution is 5.94. The second-order valence-electron chi connectivity index (χ2n) is 7.09. The van der Waals surface area contributed by atoms with E-state index in [0.717, 1.165) is 23.2 Å². The number of nitrogens with zero attached hydrogens (tertiary/aromatic N) is 1. The zero-order chi connectivity index (χ0) is 16.2. The van der Waals surface area contributed by atoms with Crippen LogP contribution in [0.1, 0.15) is 60.0 Å². The van der Waals surface area contributed by atoms with Crippen molar-refractivity contribution in [1.29, 1.82) is 0 Å². The summed E-state index contributed by atoms with van der Waals surface area (Å²) in [7, 11) is 4.29. The molecular weight excluding hydrogens is 272 g/mol. The third kappa shape index (κ3) is 4.10. The average Bonchev–Trinajstić information content (AvgIpc) is 2.70. The van der Waals surface area contributed by atoms with Crippen LogP contribution in [-0.2, 0) is 0 Å². The summed E-state index contributed by atoms with van der Waals surface area (Å²) in [5.41, 5.74) is 3.18. The molecule has 1 fully saturated rings. The average molecular weight is 302 g/mol. The van der Waals surface area contributed by atoms with Crippen LogP contribution in [0.25, 0.3) is 0 Å². The Morgan fingerprint density at radius 3 is 2.09 bits per heavy atom. The van der Waals surface area contributed by atoms with Gasteiger partial charge in [0.25, 0.3) is 5.91 Å². The predicted molar refractivity (Wildman–Crippen MR) is 92.4 cm³/mol. The number of nitrogens with one attached hydrogen (secondary N) is 1. The van der Waals surface area contributed by atoms with E-state index in [-0.39, 0.29) is 11.4 Å². The molecule has 122 valence electrons. The first-order valence-electron chi connectivity index (χ1n) is 8.47. The normalized spacial score (nSPS) is 18.0. The van der Waals surface area contributed by atoms with Crippen LogP contribution in [0.4, 0.5) is 0 Å². The van der Waals surface area contributed by atoms with Gasteiger partial charge in [-0.05, 0) is 52.9 Å². The summed E-state index contributed by atoms with van der Waals surface area (Å²) in [5.74, 6) is 0.0530. The molecule has 0 aromatic heterocycles. The van der Waals surface area contributed by atoms with Gasteiger partial charge in [-0.25, -0.2) is 0 Å². The highest BCUT2D eigenvalue weighted by Gasteiger charge is 2.33. The Hall–Kier alpha value is -1.35. The van der Waals surface area contributed by atoms with Gasteiger partial charge >= 0.3 is 0 Å². The molecule has 1 amide bonds. The van der Waals surface area contributed by atoms with Crippen LogP contribution in [0.2, 0.25) is 0 Å². The number of rotatable bonds is 4. The maximum absolute atomic E-state index is 12.5. The molecule has 1 aliphatic carbocycles. The van der Waals surface area contributed by atoms with E-state index >= 15 is 0 Å². The third-order valence-electron chi connectivity index (χ3n) is 5.04. The summed E-state index contributed by atoms with van der Waals surface area (Å²) in [6, 6.07) is 6.04. The van der Waals surface area contributed by atoms with E-state index in [9.17, 15) is 4.79 Å². The molecule has 1 N–H and O–H groups in total. The fraction of sp³-hybridized carbons (Fsp3) is 0.632. The van der Waals surface area contributed by atoms with Crippen LogP contribution in [0.5, 0.6) is 0 Å². The van der Waals surface area contributed by atoms with Crippen LogP contribution in [0.3, 0.4) is 0 Å². The van der Waals surface area contributed by atoms with Gasteiger partial charge in [0.1, 0.15) is 0 Å². The number of benzene rings is 1. The number of carbonyl (C=O) groups is 1. The Balaban J connectivity index is 2.07. The van der Waals surface area contributed by atoms with E-state index in [1.807, 2.05) is 26.0 Å². The second-order valence-corrected chi connectivity index (χ2v) is 7.09. The van der Waals surface area contributed by atoms with Gasteiger partial charge in [0.05, 0.1) is 0 Å². The van der Waals surface area contributed by atoms with Crippen molar-refractivity contribution in [3.8, 4) is 0 Å². The van der Waals surface area contributed by atoms with Crippen LogP contribution >= 0.6 is 0 Å². The number of amides is 1. The SMILES string of the molecule is Cc1cc(C)cc(C(=O)NCC2(N(C)C)CCCCCC2)c1. The lowest BCUT2D eigenvalue weighted by molar-refractivity contribution is 0.0869. The van der Waals surface area contributed by atoms with Crippen molar-refractivity contribution in [3.63, 3.8) is 0 Å². The molecule has 3 nitrogen and oxygen atoms in total. The smallest absolute Gasteiger partial charge is 0.251 e. The minimum Gasteiger partial charge on any atom is -0.350 e. The van der Waals surface area contributed by atoms with E-state index in [2.05, 4.69) is 30.4 Å². The molecule has 0 aliphatic heterocycles. The maximum Gasteiger partial charge on any atom is 0.251 e. The van der Waals surface area contributed by atoms with Crippen molar-refractivity contribution in [2.24, 2.45) is 0 Å². The fourth-order valence-electron chi connectivity index (χ4n) is 3.62.